The van der Waals surface area contributed by atoms with Crippen molar-refractivity contribution in [1.82, 2.24) is 31.9 Å². The molecule has 102 heavy (non-hydrogen) atoms. The molecule has 23 nitrogen and oxygen atoms in total. The second-order valence-electron chi connectivity index (χ2n) is 23.1. The number of ether oxygens (including phenoxy) is 3. The van der Waals surface area contributed by atoms with E-state index in [0.717, 1.165) is 20.6 Å². The summed E-state index contributed by atoms with van der Waals surface area (Å²) >= 11 is 40.7. The summed E-state index contributed by atoms with van der Waals surface area (Å²) in [6.07, 6.45) is 13.0. The van der Waals surface area contributed by atoms with Crippen LogP contribution in [0.1, 0.15) is 96.8 Å². The molecule has 0 aliphatic heterocycles. The molecular weight excluding hydrogens is 1560 g/mol. The number of thioether (sulfide) groups is 4. The van der Waals surface area contributed by atoms with Crippen LogP contribution in [0.3, 0.4) is 0 Å². The molecule has 0 saturated heterocycles. The number of thiol groups is 1. The van der Waals surface area contributed by atoms with E-state index in [4.69, 9.17) is 92.3 Å². The summed E-state index contributed by atoms with van der Waals surface area (Å²) in [6, 6.07) is 26.6. The van der Waals surface area contributed by atoms with Gasteiger partial charge in [-0.1, -0.05) is 90.6 Å². The number of rotatable bonds is 38. The molecule has 0 fully saturated rings. The number of hydrogen-bond acceptors (Lipinski definition) is 20. The van der Waals surface area contributed by atoms with Gasteiger partial charge in [-0.2, -0.15) is 35.3 Å². The molecule has 0 aliphatic carbocycles. The van der Waals surface area contributed by atoms with Gasteiger partial charge in [0.05, 0.1) is 6.61 Å². The van der Waals surface area contributed by atoms with Crippen LogP contribution in [-0.4, -0.2) is 143 Å². The minimum Gasteiger partial charge on any atom is -0.284 e. The van der Waals surface area contributed by atoms with Crippen molar-refractivity contribution >= 4 is 186 Å². The third kappa shape index (κ3) is 44.5. The average molecular weight is 1650 g/mol. The number of hydrogen-bond donors (Lipinski definition) is 10. The van der Waals surface area contributed by atoms with E-state index in [1.165, 1.54) is 18.0 Å². The topological polar surface area (TPSA) is 322 Å². The zero-order valence-corrected chi connectivity index (χ0v) is 67.5. The maximum Gasteiger partial charge on any atom is 0.287 e. The Morgan fingerprint density at radius 1 is 0.490 bits per heavy atom. The van der Waals surface area contributed by atoms with Crippen molar-refractivity contribution in [3.8, 4) is 17.2 Å². The number of aliphatic hydroxyl groups is 1. The second-order valence-corrected chi connectivity index (χ2v) is 44.4. The van der Waals surface area contributed by atoms with Crippen molar-refractivity contribution in [1.29, 1.82) is 0 Å². The monoisotopic (exact) mass is 1650 g/mol. The molecule has 6 amide bonds. The summed E-state index contributed by atoms with van der Waals surface area (Å²) in [5.74, 6) is 1.85. The van der Waals surface area contributed by atoms with Gasteiger partial charge in [0, 0.05) is 45.4 Å². The normalized spacial score (nSPS) is 12.9. The maximum absolute atomic E-state index is 12.8. The van der Waals surface area contributed by atoms with E-state index in [9.17, 15) is 48.4 Å². The summed E-state index contributed by atoms with van der Waals surface area (Å²) < 4.78 is 14.6. The number of alkyl halides is 1. The summed E-state index contributed by atoms with van der Waals surface area (Å²) in [6.45, 7) is 11.6. The molecule has 0 spiro atoms. The molecule has 0 aliphatic rings. The van der Waals surface area contributed by atoms with Crippen LogP contribution in [0, 0.1) is 17.8 Å². The van der Waals surface area contributed by atoms with Gasteiger partial charge in [-0.25, -0.2) is 14.4 Å². The van der Waals surface area contributed by atoms with E-state index in [1.54, 1.807) is 126 Å². The van der Waals surface area contributed by atoms with Crippen molar-refractivity contribution in [2.75, 3.05) is 36.0 Å². The van der Waals surface area contributed by atoms with Gasteiger partial charge in [0.1, 0.15) is 53.5 Å². The summed E-state index contributed by atoms with van der Waals surface area (Å²) in [5, 5.41) is 44.6. The van der Waals surface area contributed by atoms with Crippen LogP contribution >= 0.6 is 131 Å². The maximum atomic E-state index is 12.8. The van der Waals surface area contributed by atoms with Gasteiger partial charge in [0.25, 0.3) is 10.1 Å². The predicted octanol–water partition coefficient (Wildman–Crippen LogP) is 11.8. The van der Waals surface area contributed by atoms with Gasteiger partial charge in [-0.15, -0.1) is 11.6 Å². The van der Waals surface area contributed by atoms with Gasteiger partial charge in [-0.05, 0) is 169 Å². The van der Waals surface area contributed by atoms with E-state index < -0.39 is 75.2 Å². The number of esters is 3. The van der Waals surface area contributed by atoms with E-state index >= 15 is 0 Å². The zero-order valence-electron chi connectivity index (χ0n) is 57.9. The molecule has 9 N–H and O–H groups in total. The third-order valence-electron chi connectivity index (χ3n) is 13.3. The molecule has 3 aromatic carbocycles. The van der Waals surface area contributed by atoms with Crippen molar-refractivity contribution in [2.24, 2.45) is 17.8 Å². The number of pyridine rings is 2. The molecule has 0 saturated carbocycles. The number of nitrogens with zero attached hydrogens (tertiary/aromatic N) is 2. The predicted molar refractivity (Wildman–Crippen MR) is 414 cm³/mol. The SMILES string of the molecule is CSCCC(NC=O)C(=O)NC(CC(C)C)C(=O)Oc1ccc(CCl)cc1.CSCCC(NC=O)C(=O)NC(CC(C)C)C(=O)Oc1ccc(CO)cc1.CSCCC(NC=O)C(=O)NC(CC(C)C)C(=O)Oc1ccc(CSc2cccc[n+]2O)cc1.ClP(Cl)(Cl)(Cl)Cl.O[n+]1ccccc1S. The Kier molecular flexibility index (Phi) is 48.8. The Hall–Kier alpha value is -5.33. The molecule has 6 unspecified atom stereocenters. The summed E-state index contributed by atoms with van der Waals surface area (Å²) in [5.41, 5.74) is 2.62. The van der Waals surface area contributed by atoms with Gasteiger partial charge >= 0.3 is 77.5 Å². The first-order valence-electron chi connectivity index (χ1n) is 31.6. The number of nitrogens with one attached hydrogen (secondary N) is 6. The number of carbonyl (C=O) groups is 9. The molecule has 5 aromatic rings. The van der Waals surface area contributed by atoms with Crippen LogP contribution < -0.4 is 55.6 Å². The Morgan fingerprint density at radius 3 is 1.07 bits per heavy atom. The standard InChI is InChI=1S/C24H31N3O5S2.C19H27ClN2O4S.C19H28N2O5S.C5H5NOS.Cl5P/c1-17(2)14-21(26-23(29)20(25-16-28)11-13-33-3)24(30)32-19-9-7-18(8-10-19)15-34-22-6-4-5-12-27(22)31;1-13(2)10-17(22-18(24)16(21-12-23)8-9-27-3)19(25)26-15-6-4-14(11-20)5-7-15;1-13(2)10-17(21-18(24)16(20-12-23)8-9-27-3)19(25)26-15-6-4-14(11-22)5-7-15;7-6-4-2-1-3-5(6)8;1-6(2,3,4)5/h4-10,12,16-17,20-21H,11,13-15H2,1-3H3,(H2-,25,26,28,29,31);4-7,12-13,16-17H,8-11H2,1-3H3,(H,21,23)(H,22,24);4-7,12-13,16-17,22H,8-11H2,1-3H3,(H,20,23)(H,21,24);1-4,7H;/p+2. The third-order valence-corrected chi connectivity index (χ3v) is 17.0. The first-order chi connectivity index (χ1) is 48.2. The number of amides is 6. The van der Waals surface area contributed by atoms with Crippen LogP contribution in [0.15, 0.2) is 132 Å². The van der Waals surface area contributed by atoms with Gasteiger partial charge < -0.3 is 51.2 Å². The van der Waals surface area contributed by atoms with E-state index in [0.29, 0.717) is 120 Å². The van der Waals surface area contributed by atoms with Gasteiger partial charge in [0.2, 0.25) is 49.3 Å². The van der Waals surface area contributed by atoms with Crippen LogP contribution in [0.25, 0.3) is 0 Å². The molecular formula is C67H93Cl6N8O15PS5+2. The molecule has 2 heterocycles. The molecule has 0 radical (unpaired) electrons. The largest absolute Gasteiger partial charge is 0.287 e. The Morgan fingerprint density at radius 2 is 0.804 bits per heavy atom. The Balaban J connectivity index is 0.000000700. The first kappa shape index (κ1) is 94.7. The Labute approximate surface area is 648 Å². The van der Waals surface area contributed by atoms with E-state index in [2.05, 4.69) is 44.5 Å². The van der Waals surface area contributed by atoms with Crippen molar-refractivity contribution < 1.29 is 82.3 Å². The molecule has 35 heteroatoms. The molecule has 0 bridgehead atoms. The fourth-order valence-electron chi connectivity index (χ4n) is 8.34. The van der Waals surface area contributed by atoms with Crippen LogP contribution in [-0.2, 0) is 61.4 Å². The number of halogens is 6. The second kappa shape index (κ2) is 52.6. The van der Waals surface area contributed by atoms with Crippen molar-refractivity contribution in [3.63, 3.8) is 0 Å². The zero-order chi connectivity index (χ0) is 76.8. The summed E-state index contributed by atoms with van der Waals surface area (Å²) in [4.78, 5) is 108. The minimum atomic E-state index is -3.69. The Bertz CT molecular complexity index is 3180. The van der Waals surface area contributed by atoms with Crippen LogP contribution in [0.4, 0.5) is 0 Å². The van der Waals surface area contributed by atoms with Crippen molar-refractivity contribution in [3.05, 3.63) is 138 Å². The van der Waals surface area contributed by atoms with Crippen molar-refractivity contribution in [2.45, 2.75) is 145 Å². The summed E-state index contributed by atoms with van der Waals surface area (Å²) in [7, 11) is 0. The quantitative estimate of drug-likeness (QED) is 0.00202. The molecule has 566 valence electrons. The molecule has 5 rings (SSSR count). The van der Waals surface area contributed by atoms with Crippen LogP contribution in [0.5, 0.6) is 17.2 Å². The fourth-order valence-corrected chi connectivity index (χ4v) is 11.0. The molecule has 6 atom stereocenters. The van der Waals surface area contributed by atoms with Crippen LogP contribution in [0.2, 0.25) is 0 Å². The van der Waals surface area contributed by atoms with E-state index in [1.807, 2.05) is 84.6 Å². The minimum absolute atomic E-state index is 0.0958. The number of aliphatic hydroxyl groups excluding tert-OH is 1. The first-order valence-corrected chi connectivity index (χ1v) is 44.5. The number of aromatic nitrogens is 2. The smallest absolute Gasteiger partial charge is 0.284 e. The average Bonchev–Trinajstić information content (AvgIpc) is 0.879. The fraction of sp³-hybridized carbons (Fsp3) is 0.448. The number of carbonyl (C=O) groups excluding carboxylic acids is 9. The van der Waals surface area contributed by atoms with E-state index in [-0.39, 0.29) is 24.4 Å². The van der Waals surface area contributed by atoms with Gasteiger partial charge in [0.15, 0.2) is 0 Å². The number of benzene rings is 3. The van der Waals surface area contributed by atoms with Gasteiger partial charge in [-0.3, -0.25) is 39.2 Å². The molecule has 2 aromatic heterocycles.